The van der Waals surface area contributed by atoms with Crippen molar-refractivity contribution in [3.05, 3.63) is 48.0 Å². The maximum absolute atomic E-state index is 6.49. The topological polar surface area (TPSA) is 30.9 Å². The molecule has 1 spiro atoms. The first-order valence-electron chi connectivity index (χ1n) is 10.9. The molecule has 2 aromatic carbocycles. The molecule has 3 aliphatic rings. The first-order valence-corrected chi connectivity index (χ1v) is 10.9. The van der Waals surface area contributed by atoms with Gasteiger partial charge in [0.05, 0.1) is 32.5 Å². The highest BCUT2D eigenvalue weighted by Gasteiger charge is 2.46. The monoisotopic (exact) mass is 381 g/mol. The second-order valence-electron chi connectivity index (χ2n) is 8.48. The van der Waals surface area contributed by atoms with Crippen LogP contribution in [0.1, 0.15) is 37.7 Å². The Balaban J connectivity index is 1.21. The van der Waals surface area contributed by atoms with Crippen LogP contribution in [0.15, 0.2) is 42.5 Å². The van der Waals surface area contributed by atoms with Crippen LogP contribution in [-0.2, 0) is 20.6 Å². The van der Waals surface area contributed by atoms with Crippen LogP contribution in [0.3, 0.4) is 0 Å². The van der Waals surface area contributed by atoms with Crippen molar-refractivity contribution in [3.8, 4) is 0 Å². The lowest BCUT2D eigenvalue weighted by atomic mass is 9.91. The fourth-order valence-electron chi connectivity index (χ4n) is 5.32. The number of rotatable bonds is 5. The van der Waals surface area contributed by atoms with Crippen molar-refractivity contribution in [1.82, 2.24) is 4.90 Å². The first-order chi connectivity index (χ1) is 13.8. The van der Waals surface area contributed by atoms with Crippen LogP contribution in [0.4, 0.5) is 0 Å². The Morgan fingerprint density at radius 1 is 1.00 bits per heavy atom. The van der Waals surface area contributed by atoms with E-state index in [1.165, 1.54) is 42.0 Å². The lowest BCUT2D eigenvalue weighted by Crippen LogP contribution is -2.47. The molecule has 1 aliphatic carbocycles. The van der Waals surface area contributed by atoms with Gasteiger partial charge in [0.2, 0.25) is 0 Å². The van der Waals surface area contributed by atoms with Crippen molar-refractivity contribution in [3.63, 3.8) is 0 Å². The number of benzene rings is 2. The largest absolute Gasteiger partial charge is 0.376 e. The Hall–Kier alpha value is -1.46. The molecule has 2 aliphatic heterocycles. The SMILES string of the molecule is c1ccc2c(CCO[C@H]3CCCC[C@H]3N3CCC4(C3)OCCO4)cccc2c1. The van der Waals surface area contributed by atoms with Crippen LogP contribution >= 0.6 is 0 Å². The van der Waals surface area contributed by atoms with Gasteiger partial charge in [-0.3, -0.25) is 4.90 Å². The lowest BCUT2D eigenvalue weighted by molar-refractivity contribution is -0.149. The summed E-state index contributed by atoms with van der Waals surface area (Å²) in [5.74, 6) is -0.328. The molecule has 0 aromatic heterocycles. The van der Waals surface area contributed by atoms with Crippen LogP contribution in [-0.4, -0.2) is 55.7 Å². The van der Waals surface area contributed by atoms with Gasteiger partial charge in [-0.1, -0.05) is 55.3 Å². The summed E-state index contributed by atoms with van der Waals surface area (Å²) in [4.78, 5) is 2.58. The average molecular weight is 382 g/mol. The number of fused-ring (bicyclic) bond motifs is 1. The van der Waals surface area contributed by atoms with Crippen LogP contribution in [0.25, 0.3) is 10.8 Å². The minimum absolute atomic E-state index is 0.328. The maximum Gasteiger partial charge on any atom is 0.182 e. The lowest BCUT2D eigenvalue weighted by Gasteiger charge is -2.38. The fourth-order valence-corrected chi connectivity index (χ4v) is 5.32. The summed E-state index contributed by atoms with van der Waals surface area (Å²) in [5.41, 5.74) is 1.39. The summed E-state index contributed by atoms with van der Waals surface area (Å²) in [6, 6.07) is 15.7. The molecule has 2 heterocycles. The third-order valence-electron chi connectivity index (χ3n) is 6.76. The van der Waals surface area contributed by atoms with E-state index in [2.05, 4.69) is 47.4 Å². The molecule has 0 bridgehead atoms. The van der Waals surface area contributed by atoms with Gasteiger partial charge in [-0.05, 0) is 35.6 Å². The second-order valence-corrected chi connectivity index (χ2v) is 8.48. The summed E-state index contributed by atoms with van der Waals surface area (Å²) in [5, 5.41) is 2.67. The predicted octanol–water partition coefficient (Wildman–Crippen LogP) is 4.16. The molecule has 4 heteroatoms. The molecule has 0 amide bonds. The van der Waals surface area contributed by atoms with Crippen LogP contribution in [0, 0.1) is 0 Å². The van der Waals surface area contributed by atoms with Gasteiger partial charge >= 0.3 is 0 Å². The quantitative estimate of drug-likeness (QED) is 0.778. The molecular weight excluding hydrogens is 350 g/mol. The van der Waals surface area contributed by atoms with Gasteiger partial charge in [0.15, 0.2) is 5.79 Å². The Labute approximate surface area is 167 Å². The minimum Gasteiger partial charge on any atom is -0.376 e. The number of likely N-dealkylation sites (tertiary alicyclic amines) is 1. The van der Waals surface area contributed by atoms with E-state index in [4.69, 9.17) is 14.2 Å². The smallest absolute Gasteiger partial charge is 0.182 e. The van der Waals surface area contributed by atoms with E-state index in [9.17, 15) is 0 Å². The highest BCUT2D eigenvalue weighted by Crippen LogP contribution is 2.35. The fraction of sp³-hybridized carbons (Fsp3) is 0.583. The van der Waals surface area contributed by atoms with Gasteiger partial charge in [-0.15, -0.1) is 0 Å². The van der Waals surface area contributed by atoms with E-state index in [0.29, 0.717) is 12.1 Å². The zero-order chi connectivity index (χ0) is 18.8. The van der Waals surface area contributed by atoms with E-state index in [1.807, 2.05) is 0 Å². The molecular formula is C24H31NO3. The predicted molar refractivity (Wildman–Crippen MR) is 110 cm³/mol. The summed E-state index contributed by atoms with van der Waals surface area (Å²) in [7, 11) is 0. The van der Waals surface area contributed by atoms with E-state index < -0.39 is 0 Å². The van der Waals surface area contributed by atoms with Crippen LogP contribution in [0.2, 0.25) is 0 Å². The van der Waals surface area contributed by atoms with Gasteiger partial charge in [-0.25, -0.2) is 0 Å². The number of nitrogens with zero attached hydrogens (tertiary/aromatic N) is 1. The minimum atomic E-state index is -0.328. The number of ether oxygens (including phenoxy) is 3. The van der Waals surface area contributed by atoms with Crippen LogP contribution < -0.4 is 0 Å². The molecule has 28 heavy (non-hydrogen) atoms. The van der Waals surface area contributed by atoms with Gasteiger partial charge in [-0.2, -0.15) is 0 Å². The molecule has 2 saturated heterocycles. The molecule has 0 unspecified atom stereocenters. The zero-order valence-electron chi connectivity index (χ0n) is 16.6. The van der Waals surface area contributed by atoms with E-state index >= 15 is 0 Å². The third-order valence-corrected chi connectivity index (χ3v) is 6.76. The molecule has 0 N–H and O–H groups in total. The molecule has 2 atom stereocenters. The van der Waals surface area contributed by atoms with E-state index in [-0.39, 0.29) is 5.79 Å². The Bertz CT molecular complexity index is 796. The Morgan fingerprint density at radius 3 is 2.75 bits per heavy atom. The molecule has 3 fully saturated rings. The first kappa shape index (κ1) is 18.6. The molecule has 150 valence electrons. The molecule has 4 nitrogen and oxygen atoms in total. The summed E-state index contributed by atoms with van der Waals surface area (Å²) < 4.78 is 18.4. The highest BCUT2D eigenvalue weighted by molar-refractivity contribution is 5.85. The van der Waals surface area contributed by atoms with Crippen LogP contribution in [0.5, 0.6) is 0 Å². The zero-order valence-corrected chi connectivity index (χ0v) is 16.6. The summed E-state index contributed by atoms with van der Waals surface area (Å²) in [6.07, 6.45) is 7.29. The highest BCUT2D eigenvalue weighted by atomic mass is 16.7. The average Bonchev–Trinajstić information content (AvgIpc) is 3.38. The summed E-state index contributed by atoms with van der Waals surface area (Å²) in [6.45, 7) is 4.24. The van der Waals surface area contributed by atoms with Crippen molar-refractivity contribution < 1.29 is 14.2 Å². The van der Waals surface area contributed by atoms with Crippen molar-refractivity contribution in [2.75, 3.05) is 32.9 Å². The molecule has 1 saturated carbocycles. The summed E-state index contributed by atoms with van der Waals surface area (Å²) >= 11 is 0. The Morgan fingerprint density at radius 2 is 1.82 bits per heavy atom. The van der Waals surface area contributed by atoms with Gasteiger partial charge < -0.3 is 14.2 Å². The van der Waals surface area contributed by atoms with Crippen molar-refractivity contribution >= 4 is 10.8 Å². The van der Waals surface area contributed by atoms with Crippen molar-refractivity contribution in [1.29, 1.82) is 0 Å². The Kier molecular flexibility index (Phi) is 5.38. The van der Waals surface area contributed by atoms with Crippen molar-refractivity contribution in [2.45, 2.75) is 56.5 Å². The van der Waals surface area contributed by atoms with E-state index in [0.717, 1.165) is 45.8 Å². The normalized spacial score (nSPS) is 27.7. The third kappa shape index (κ3) is 3.71. The van der Waals surface area contributed by atoms with Gasteiger partial charge in [0, 0.05) is 19.0 Å². The molecule has 2 aromatic rings. The van der Waals surface area contributed by atoms with Gasteiger partial charge in [0.1, 0.15) is 0 Å². The van der Waals surface area contributed by atoms with Crippen molar-refractivity contribution in [2.24, 2.45) is 0 Å². The number of hydrogen-bond acceptors (Lipinski definition) is 4. The number of hydrogen-bond donors (Lipinski definition) is 0. The van der Waals surface area contributed by atoms with E-state index in [1.54, 1.807) is 0 Å². The molecule has 0 radical (unpaired) electrons. The second kappa shape index (κ2) is 8.11. The maximum atomic E-state index is 6.49. The van der Waals surface area contributed by atoms with Gasteiger partial charge in [0.25, 0.3) is 0 Å². The molecule has 5 rings (SSSR count). The standard InChI is InChI=1S/C24H31NO3/c1-2-9-21-19(6-1)7-5-8-20(21)12-15-26-23-11-4-3-10-22(23)25-14-13-24(18-25)27-16-17-28-24/h1-2,5-9,22-23H,3-4,10-18H2/t22-,23+/m1/s1.